The molecule has 1 aromatic carbocycles. The third-order valence-electron chi connectivity index (χ3n) is 2.02. The first-order valence-electron chi connectivity index (χ1n) is 5.40. The van der Waals surface area contributed by atoms with Crippen LogP contribution in [0.1, 0.15) is 13.3 Å². The number of aliphatic carboxylic acids is 1. The van der Waals surface area contributed by atoms with Crippen LogP contribution in [0.5, 0.6) is 0 Å². The molecule has 0 radical (unpaired) electrons. The zero-order valence-corrected chi connectivity index (χ0v) is 12.7. The minimum absolute atomic E-state index is 0. The van der Waals surface area contributed by atoms with Crippen LogP contribution in [0.4, 0.5) is 0 Å². The van der Waals surface area contributed by atoms with Crippen molar-refractivity contribution in [1.29, 1.82) is 0 Å². The molecule has 0 aliphatic rings. The first-order chi connectivity index (χ1) is 8.24. The van der Waals surface area contributed by atoms with Gasteiger partial charge in [-0.25, -0.2) is 0 Å². The molecule has 0 amide bonds. The van der Waals surface area contributed by atoms with Gasteiger partial charge in [-0.1, -0.05) is 43.3 Å². The fourth-order valence-electron chi connectivity index (χ4n) is 1.14. The van der Waals surface area contributed by atoms with E-state index in [2.05, 4.69) is 17.1 Å². The first kappa shape index (κ1) is 16.8. The summed E-state index contributed by atoms with van der Waals surface area (Å²) in [5.74, 6) is -0.995. The van der Waals surface area contributed by atoms with Crippen LogP contribution >= 0.6 is 0 Å². The second-order valence-electron chi connectivity index (χ2n) is 3.31. The summed E-state index contributed by atoms with van der Waals surface area (Å²) in [7, 11) is 0. The van der Waals surface area contributed by atoms with Gasteiger partial charge in [0, 0.05) is 17.7 Å². The van der Waals surface area contributed by atoms with Crippen LogP contribution < -0.4 is 34.7 Å². The fourth-order valence-corrected chi connectivity index (χ4v) is 1.14. The number of hydrogen-bond acceptors (Lipinski definition) is 3. The van der Waals surface area contributed by atoms with E-state index in [0.29, 0.717) is 0 Å². The Kier molecular flexibility index (Phi) is 9.19. The van der Waals surface area contributed by atoms with Gasteiger partial charge in [0.05, 0.1) is 5.69 Å². The van der Waals surface area contributed by atoms with E-state index >= 15 is 0 Å². The quantitative estimate of drug-likeness (QED) is 0.637. The summed E-state index contributed by atoms with van der Waals surface area (Å²) in [5.41, 5.74) is 2.19. The Hall–Kier alpha value is -1.16. The molecule has 1 heterocycles. The van der Waals surface area contributed by atoms with E-state index in [0.717, 1.165) is 11.3 Å². The maximum atomic E-state index is 9.26. The molecule has 0 spiro atoms. The summed E-state index contributed by atoms with van der Waals surface area (Å²) >= 11 is 0. The third-order valence-corrected chi connectivity index (χ3v) is 2.02. The SMILES string of the molecule is CCC(=O)[O-].[Na+].c1ccc(-c2ccccn2)cc1. The van der Waals surface area contributed by atoms with E-state index in [1.807, 2.05) is 42.6 Å². The zero-order valence-electron chi connectivity index (χ0n) is 10.7. The molecule has 0 saturated carbocycles. The van der Waals surface area contributed by atoms with Crippen LogP contribution in [0.25, 0.3) is 11.3 Å². The van der Waals surface area contributed by atoms with Crippen molar-refractivity contribution >= 4 is 5.97 Å². The normalized spacial score (nSPS) is 8.50. The molecule has 0 unspecified atom stereocenters. The number of nitrogens with zero attached hydrogens (tertiary/aromatic N) is 1. The van der Waals surface area contributed by atoms with Gasteiger partial charge in [0.15, 0.2) is 0 Å². The van der Waals surface area contributed by atoms with Crippen LogP contribution in [-0.4, -0.2) is 11.0 Å². The maximum absolute atomic E-state index is 9.26. The van der Waals surface area contributed by atoms with E-state index in [4.69, 9.17) is 0 Å². The van der Waals surface area contributed by atoms with Crippen LogP contribution in [-0.2, 0) is 4.79 Å². The summed E-state index contributed by atoms with van der Waals surface area (Å²) in [5, 5.41) is 9.26. The average molecular weight is 251 g/mol. The van der Waals surface area contributed by atoms with Gasteiger partial charge in [0.1, 0.15) is 0 Å². The zero-order chi connectivity index (χ0) is 12.5. The number of benzene rings is 1. The van der Waals surface area contributed by atoms with E-state index in [1.54, 1.807) is 0 Å². The summed E-state index contributed by atoms with van der Waals surface area (Å²) in [6.07, 6.45) is 1.92. The molecule has 2 aromatic rings. The van der Waals surface area contributed by atoms with Gasteiger partial charge < -0.3 is 9.90 Å². The summed E-state index contributed by atoms with van der Waals surface area (Å²) in [6, 6.07) is 16.1. The number of pyridine rings is 1. The summed E-state index contributed by atoms with van der Waals surface area (Å²) < 4.78 is 0. The molecule has 0 aliphatic heterocycles. The molecule has 0 N–H and O–H groups in total. The van der Waals surface area contributed by atoms with Crippen molar-refractivity contribution in [3.63, 3.8) is 0 Å². The van der Waals surface area contributed by atoms with Crippen LogP contribution in [0, 0.1) is 0 Å². The number of carboxylic acid groups (broad SMARTS) is 1. The molecule has 18 heavy (non-hydrogen) atoms. The molecule has 2 rings (SSSR count). The van der Waals surface area contributed by atoms with Crippen LogP contribution in [0.3, 0.4) is 0 Å². The minimum atomic E-state index is -0.995. The van der Waals surface area contributed by atoms with Crippen LogP contribution in [0.2, 0.25) is 0 Å². The van der Waals surface area contributed by atoms with Crippen molar-refractivity contribution in [3.05, 3.63) is 54.7 Å². The Morgan fingerprint density at radius 2 is 1.67 bits per heavy atom. The van der Waals surface area contributed by atoms with E-state index < -0.39 is 5.97 Å². The number of carbonyl (C=O) groups excluding carboxylic acids is 1. The predicted molar refractivity (Wildman–Crippen MR) is 65.0 cm³/mol. The molecule has 1 aromatic heterocycles. The fraction of sp³-hybridized carbons (Fsp3) is 0.143. The third kappa shape index (κ3) is 6.55. The van der Waals surface area contributed by atoms with Crippen molar-refractivity contribution in [2.75, 3.05) is 0 Å². The van der Waals surface area contributed by atoms with E-state index in [1.165, 1.54) is 6.92 Å². The van der Waals surface area contributed by atoms with E-state index in [9.17, 15) is 9.90 Å². The first-order valence-corrected chi connectivity index (χ1v) is 5.40. The molecule has 0 saturated heterocycles. The minimum Gasteiger partial charge on any atom is -0.550 e. The molecule has 0 fully saturated rings. The molecule has 4 heteroatoms. The number of rotatable bonds is 2. The Balaban J connectivity index is 0.000000421. The Bertz CT molecular complexity index is 408. The second-order valence-corrected chi connectivity index (χ2v) is 3.31. The standard InChI is InChI=1S/C11H9N.C3H6O2.Na/c1-2-6-10(7-3-1)11-8-4-5-9-12-11;1-2-3(4)5;/h1-9H;2H2,1H3,(H,4,5);/q;;+1/p-1. The Labute approximate surface area is 129 Å². The largest absolute Gasteiger partial charge is 1.00 e. The van der Waals surface area contributed by atoms with E-state index in [-0.39, 0.29) is 36.0 Å². The van der Waals surface area contributed by atoms with Crippen molar-refractivity contribution in [1.82, 2.24) is 4.98 Å². The Morgan fingerprint density at radius 1 is 1.11 bits per heavy atom. The van der Waals surface area contributed by atoms with Crippen molar-refractivity contribution in [2.24, 2.45) is 0 Å². The van der Waals surface area contributed by atoms with Crippen molar-refractivity contribution in [2.45, 2.75) is 13.3 Å². The van der Waals surface area contributed by atoms with Gasteiger partial charge in [0.25, 0.3) is 0 Å². The van der Waals surface area contributed by atoms with Gasteiger partial charge >= 0.3 is 29.6 Å². The van der Waals surface area contributed by atoms with Gasteiger partial charge in [-0.05, 0) is 18.6 Å². The Morgan fingerprint density at radius 3 is 2.11 bits per heavy atom. The molecular weight excluding hydrogens is 237 g/mol. The van der Waals surface area contributed by atoms with Gasteiger partial charge in [-0.2, -0.15) is 0 Å². The number of hydrogen-bond donors (Lipinski definition) is 0. The average Bonchev–Trinajstić information content (AvgIpc) is 2.41. The molecular formula is C14H14NNaO2. The molecule has 88 valence electrons. The topological polar surface area (TPSA) is 53.0 Å². The number of carbonyl (C=O) groups is 1. The molecule has 0 bridgehead atoms. The molecule has 0 aliphatic carbocycles. The van der Waals surface area contributed by atoms with Gasteiger partial charge in [-0.3, -0.25) is 4.98 Å². The number of carboxylic acids is 1. The molecule has 3 nitrogen and oxygen atoms in total. The van der Waals surface area contributed by atoms with Gasteiger partial charge in [-0.15, -0.1) is 0 Å². The summed E-state index contributed by atoms with van der Waals surface area (Å²) in [4.78, 5) is 13.5. The number of aromatic nitrogens is 1. The van der Waals surface area contributed by atoms with Crippen molar-refractivity contribution in [3.8, 4) is 11.3 Å². The summed E-state index contributed by atoms with van der Waals surface area (Å²) in [6.45, 7) is 1.54. The van der Waals surface area contributed by atoms with Gasteiger partial charge in [0.2, 0.25) is 0 Å². The molecule has 0 atom stereocenters. The monoisotopic (exact) mass is 251 g/mol. The predicted octanol–water partition coefficient (Wildman–Crippen LogP) is -1.10. The van der Waals surface area contributed by atoms with Crippen molar-refractivity contribution < 1.29 is 39.5 Å². The smallest absolute Gasteiger partial charge is 0.550 e. The second kappa shape index (κ2) is 9.83. The van der Waals surface area contributed by atoms with Crippen LogP contribution in [0.15, 0.2) is 54.7 Å². The maximum Gasteiger partial charge on any atom is 1.00 e.